The number of hydrogen-bond acceptors (Lipinski definition) is 3. The molecular weight excluding hydrogens is 340 g/mol. The maximum Gasteiger partial charge on any atom is 0.511 e. The molecule has 1 aromatic rings. The van der Waals surface area contributed by atoms with Crippen molar-refractivity contribution in [3.05, 3.63) is 22.3 Å². The van der Waals surface area contributed by atoms with Gasteiger partial charge in [-0.3, -0.25) is 0 Å². The molecule has 0 saturated heterocycles. The Balaban J connectivity index is 3.65. The molecule has 154 valence electrons. The summed E-state index contributed by atoms with van der Waals surface area (Å²) in [5.74, 6) is 0.247. The van der Waals surface area contributed by atoms with Crippen LogP contribution in [-0.2, 0) is 25.7 Å². The number of carbonyl (C=O) groups is 1. The van der Waals surface area contributed by atoms with Crippen molar-refractivity contribution in [2.24, 2.45) is 0 Å². The van der Waals surface area contributed by atoms with Crippen LogP contribution in [0.2, 0.25) is 0 Å². The fraction of sp³-hybridized carbons (Fsp3) is 0.696. The van der Waals surface area contributed by atoms with E-state index in [1.807, 2.05) is 0 Å². The maximum atomic E-state index is 11.3. The van der Waals surface area contributed by atoms with E-state index in [2.05, 4.69) is 27.7 Å². The quantitative estimate of drug-likeness (QED) is 0.292. The predicted molar refractivity (Wildman–Crippen MR) is 111 cm³/mol. The monoisotopic (exact) mass is 378 g/mol. The Bertz CT molecular complexity index is 593. The van der Waals surface area contributed by atoms with Crippen LogP contribution in [0.15, 0.2) is 0 Å². The van der Waals surface area contributed by atoms with Crippen molar-refractivity contribution < 1.29 is 19.7 Å². The third-order valence-electron chi connectivity index (χ3n) is 5.18. The molecule has 0 aliphatic rings. The predicted octanol–water partition coefficient (Wildman–Crippen LogP) is 6.82. The number of ether oxygens (including phenoxy) is 1. The zero-order valence-corrected chi connectivity index (χ0v) is 17.7. The second-order valence-corrected chi connectivity index (χ2v) is 7.37. The number of phenols is 1. The number of phenolic OH excluding ortho intramolecular Hbond substituents is 1. The molecule has 1 aromatic carbocycles. The van der Waals surface area contributed by atoms with E-state index in [9.17, 15) is 15.0 Å². The number of carboxylic acid groups (broad SMARTS) is 1. The molecule has 27 heavy (non-hydrogen) atoms. The van der Waals surface area contributed by atoms with E-state index in [0.29, 0.717) is 0 Å². The fourth-order valence-corrected chi connectivity index (χ4v) is 3.67. The summed E-state index contributed by atoms with van der Waals surface area (Å²) in [5.41, 5.74) is 4.31. The minimum Gasteiger partial charge on any atom is -0.504 e. The Morgan fingerprint density at radius 2 is 1.07 bits per heavy atom. The summed E-state index contributed by atoms with van der Waals surface area (Å²) in [6.07, 6.45) is 10.3. The Hall–Kier alpha value is -1.71. The van der Waals surface area contributed by atoms with E-state index >= 15 is 0 Å². The molecule has 0 unspecified atom stereocenters. The molecule has 1 rings (SSSR count). The molecule has 0 aliphatic carbocycles. The van der Waals surface area contributed by atoms with Gasteiger partial charge in [-0.25, -0.2) is 4.79 Å². The lowest BCUT2D eigenvalue weighted by molar-refractivity contribution is 0.142. The largest absolute Gasteiger partial charge is 0.511 e. The molecule has 0 radical (unpaired) electrons. The van der Waals surface area contributed by atoms with Gasteiger partial charge in [0, 0.05) is 11.1 Å². The minimum absolute atomic E-state index is 0.0586. The van der Waals surface area contributed by atoms with Gasteiger partial charge < -0.3 is 14.9 Å². The maximum absolute atomic E-state index is 11.3. The SMILES string of the molecule is CCCCc1c(O)c(OC(=O)O)c(CCCC)c(CCCC)c1CCCC. The van der Waals surface area contributed by atoms with Crippen molar-refractivity contribution >= 4 is 6.16 Å². The molecule has 0 heterocycles. The van der Waals surface area contributed by atoms with Gasteiger partial charge in [-0.05, 0) is 62.5 Å². The minimum atomic E-state index is -1.35. The van der Waals surface area contributed by atoms with Crippen LogP contribution in [0.1, 0.15) is 101 Å². The van der Waals surface area contributed by atoms with Gasteiger partial charge in [-0.2, -0.15) is 0 Å². The van der Waals surface area contributed by atoms with E-state index in [4.69, 9.17) is 4.74 Å². The highest BCUT2D eigenvalue weighted by Crippen LogP contribution is 2.42. The summed E-state index contributed by atoms with van der Waals surface area (Å²) in [4.78, 5) is 11.3. The second kappa shape index (κ2) is 12.6. The molecular formula is C23H38O4. The van der Waals surface area contributed by atoms with Gasteiger partial charge in [0.1, 0.15) is 0 Å². The third-order valence-corrected chi connectivity index (χ3v) is 5.18. The fourth-order valence-electron chi connectivity index (χ4n) is 3.67. The smallest absolute Gasteiger partial charge is 0.504 e. The Morgan fingerprint density at radius 1 is 0.704 bits per heavy atom. The number of benzene rings is 1. The van der Waals surface area contributed by atoms with Crippen LogP contribution in [-0.4, -0.2) is 16.4 Å². The number of rotatable bonds is 13. The van der Waals surface area contributed by atoms with Crippen molar-refractivity contribution in [2.45, 2.75) is 105 Å². The lowest BCUT2D eigenvalue weighted by atomic mass is 9.84. The first-order chi connectivity index (χ1) is 13.0. The van der Waals surface area contributed by atoms with E-state index in [0.717, 1.165) is 88.2 Å². The summed E-state index contributed by atoms with van der Waals surface area (Å²) < 4.78 is 5.14. The lowest BCUT2D eigenvalue weighted by Crippen LogP contribution is -2.13. The Labute approximate surface area is 164 Å². The summed E-state index contributed by atoms with van der Waals surface area (Å²) in [7, 11) is 0. The molecule has 0 spiro atoms. The lowest BCUT2D eigenvalue weighted by Gasteiger charge is -2.23. The van der Waals surface area contributed by atoms with Crippen molar-refractivity contribution in [1.82, 2.24) is 0 Å². The Morgan fingerprint density at radius 3 is 1.48 bits per heavy atom. The van der Waals surface area contributed by atoms with Crippen molar-refractivity contribution in [3.63, 3.8) is 0 Å². The first kappa shape index (κ1) is 23.3. The number of unbranched alkanes of at least 4 members (excludes halogenated alkanes) is 4. The third kappa shape index (κ3) is 6.75. The molecule has 0 fully saturated rings. The molecule has 0 amide bonds. The molecule has 2 N–H and O–H groups in total. The van der Waals surface area contributed by atoms with Gasteiger partial charge in [0.25, 0.3) is 0 Å². The van der Waals surface area contributed by atoms with Crippen LogP contribution in [0, 0.1) is 0 Å². The second-order valence-electron chi connectivity index (χ2n) is 7.37. The molecule has 4 nitrogen and oxygen atoms in total. The van der Waals surface area contributed by atoms with E-state index in [1.165, 1.54) is 11.1 Å². The van der Waals surface area contributed by atoms with E-state index in [1.54, 1.807) is 0 Å². The summed E-state index contributed by atoms with van der Waals surface area (Å²) in [5, 5.41) is 20.2. The molecule has 0 atom stereocenters. The molecule has 0 bridgehead atoms. The standard InChI is InChI=1S/C23H38O4/c1-5-9-13-17-18(14-10-6-2)20(16-12-8-4)22(27-23(25)26)21(24)19(17)15-11-7-3/h24H,5-16H2,1-4H3,(H,25,26). The zero-order chi connectivity index (χ0) is 20.2. The average Bonchev–Trinajstić information content (AvgIpc) is 2.64. The molecule has 0 aromatic heterocycles. The van der Waals surface area contributed by atoms with Crippen LogP contribution in [0.3, 0.4) is 0 Å². The topological polar surface area (TPSA) is 66.8 Å². The van der Waals surface area contributed by atoms with Gasteiger partial charge in [0.05, 0.1) is 0 Å². The average molecular weight is 379 g/mol. The number of hydrogen-bond donors (Lipinski definition) is 2. The molecule has 4 heteroatoms. The highest BCUT2D eigenvalue weighted by Gasteiger charge is 2.25. The molecule has 0 saturated carbocycles. The van der Waals surface area contributed by atoms with Gasteiger partial charge in [-0.15, -0.1) is 0 Å². The van der Waals surface area contributed by atoms with Crippen molar-refractivity contribution in [1.29, 1.82) is 0 Å². The van der Waals surface area contributed by atoms with Gasteiger partial charge in [0.15, 0.2) is 11.5 Å². The van der Waals surface area contributed by atoms with Crippen molar-refractivity contribution in [2.75, 3.05) is 0 Å². The summed E-state index contributed by atoms with van der Waals surface area (Å²) in [6, 6.07) is 0. The summed E-state index contributed by atoms with van der Waals surface area (Å²) in [6.45, 7) is 8.60. The first-order valence-corrected chi connectivity index (χ1v) is 10.8. The van der Waals surface area contributed by atoms with Crippen LogP contribution in [0.4, 0.5) is 4.79 Å². The van der Waals surface area contributed by atoms with Gasteiger partial charge >= 0.3 is 6.16 Å². The molecule has 0 aliphatic heterocycles. The van der Waals surface area contributed by atoms with Crippen LogP contribution >= 0.6 is 0 Å². The van der Waals surface area contributed by atoms with Crippen LogP contribution < -0.4 is 4.74 Å². The van der Waals surface area contributed by atoms with E-state index in [-0.39, 0.29) is 11.5 Å². The Kier molecular flexibility index (Phi) is 10.9. The van der Waals surface area contributed by atoms with E-state index < -0.39 is 6.16 Å². The first-order valence-electron chi connectivity index (χ1n) is 10.8. The normalized spacial score (nSPS) is 11.0. The zero-order valence-electron chi connectivity index (χ0n) is 17.7. The highest BCUT2D eigenvalue weighted by molar-refractivity contribution is 5.68. The van der Waals surface area contributed by atoms with Crippen LogP contribution in [0.5, 0.6) is 11.5 Å². The summed E-state index contributed by atoms with van der Waals surface area (Å²) >= 11 is 0. The highest BCUT2D eigenvalue weighted by atomic mass is 16.7. The van der Waals surface area contributed by atoms with Crippen molar-refractivity contribution in [3.8, 4) is 11.5 Å². The number of aromatic hydroxyl groups is 1. The van der Waals surface area contributed by atoms with Crippen LogP contribution in [0.25, 0.3) is 0 Å². The van der Waals surface area contributed by atoms with Gasteiger partial charge in [0.2, 0.25) is 0 Å². The van der Waals surface area contributed by atoms with Gasteiger partial charge in [-0.1, -0.05) is 53.4 Å².